The topological polar surface area (TPSA) is 56.5 Å². The van der Waals surface area contributed by atoms with Crippen LogP contribution < -0.4 is 5.73 Å². The third kappa shape index (κ3) is 3.42. The molecule has 2 N–H and O–H groups in total. The van der Waals surface area contributed by atoms with Crippen LogP contribution >= 0.6 is 11.3 Å². The molecule has 3 heterocycles. The van der Waals surface area contributed by atoms with Crippen LogP contribution in [0.2, 0.25) is 0 Å². The van der Waals surface area contributed by atoms with E-state index >= 15 is 0 Å². The van der Waals surface area contributed by atoms with Crippen molar-refractivity contribution in [2.24, 2.45) is 10.9 Å². The predicted molar refractivity (Wildman–Crippen MR) is 187 cm³/mol. The van der Waals surface area contributed by atoms with Gasteiger partial charge in [0.25, 0.3) is 0 Å². The van der Waals surface area contributed by atoms with E-state index in [1.165, 1.54) is 58.8 Å². The minimum absolute atomic E-state index is 0.191. The monoisotopic (exact) mass is 589 g/mol. The molecule has 5 heteroatoms. The molecule has 0 saturated carbocycles. The van der Waals surface area contributed by atoms with Crippen LogP contribution in [-0.2, 0) is 18.3 Å². The molecule has 44 heavy (non-hydrogen) atoms. The standard InChI is InChI=1S/C39H31N3OS/c1-22-18-35-29(28-19-23(40)12-17-34(28)43-35)21-39(22,2)30-20-24(41-3)13-15-32(30)42-31-10-6-4-9-27(31)37-33(42)16-14-26-25-8-5-7-11-36(25)44-38(26)37/h4-17,19-20,22H,3,18,21,40H2,1-2H3. The zero-order chi connectivity index (χ0) is 29.7. The number of fused-ring (bicyclic) bond motifs is 10. The van der Waals surface area contributed by atoms with Crippen molar-refractivity contribution in [1.29, 1.82) is 0 Å². The molecule has 8 aromatic rings. The van der Waals surface area contributed by atoms with Gasteiger partial charge in [0.05, 0.1) is 22.4 Å². The number of rotatable bonds is 3. The van der Waals surface area contributed by atoms with Gasteiger partial charge in [-0.3, -0.25) is 4.99 Å². The van der Waals surface area contributed by atoms with E-state index in [1.54, 1.807) is 0 Å². The maximum atomic E-state index is 6.39. The molecule has 0 spiro atoms. The van der Waals surface area contributed by atoms with Crippen molar-refractivity contribution in [3.05, 3.63) is 114 Å². The number of nitrogens with zero attached hydrogens (tertiary/aromatic N) is 2. The molecule has 2 atom stereocenters. The molecule has 5 aromatic carbocycles. The molecule has 0 amide bonds. The second kappa shape index (κ2) is 9.07. The minimum atomic E-state index is -0.191. The van der Waals surface area contributed by atoms with Crippen LogP contribution in [0.4, 0.5) is 11.4 Å². The maximum Gasteiger partial charge on any atom is 0.134 e. The van der Waals surface area contributed by atoms with E-state index in [0.717, 1.165) is 40.9 Å². The van der Waals surface area contributed by atoms with Crippen molar-refractivity contribution < 1.29 is 4.42 Å². The summed E-state index contributed by atoms with van der Waals surface area (Å²) in [5.74, 6) is 1.41. The Bertz CT molecular complexity index is 2480. The normalized spacial score (nSPS) is 18.5. The zero-order valence-electron chi connectivity index (χ0n) is 24.7. The van der Waals surface area contributed by atoms with Crippen molar-refractivity contribution >= 4 is 82.4 Å². The lowest BCUT2D eigenvalue weighted by Crippen LogP contribution is -2.38. The lowest BCUT2D eigenvalue weighted by atomic mass is 9.63. The average Bonchev–Trinajstić information content (AvgIpc) is 3.70. The Hall–Kier alpha value is -4.87. The van der Waals surface area contributed by atoms with Gasteiger partial charge in [0.15, 0.2) is 0 Å². The molecule has 3 aromatic heterocycles. The molecule has 1 aliphatic rings. The smallest absolute Gasteiger partial charge is 0.134 e. The second-order valence-corrected chi connectivity index (χ2v) is 13.7. The number of thiophene rings is 1. The summed E-state index contributed by atoms with van der Waals surface area (Å²) in [6.45, 7) is 8.67. The first-order valence-electron chi connectivity index (χ1n) is 15.2. The summed E-state index contributed by atoms with van der Waals surface area (Å²) in [6.07, 6.45) is 1.71. The molecule has 0 bridgehead atoms. The Labute approximate surface area is 259 Å². The van der Waals surface area contributed by atoms with Gasteiger partial charge in [0, 0.05) is 59.4 Å². The molecular weight excluding hydrogens is 559 g/mol. The fourth-order valence-electron chi connectivity index (χ4n) is 7.75. The highest BCUT2D eigenvalue weighted by molar-refractivity contribution is 7.26. The molecular formula is C39H31N3OS. The number of nitrogens with two attached hydrogens (primary N) is 1. The number of aromatic nitrogens is 1. The summed E-state index contributed by atoms with van der Waals surface area (Å²) >= 11 is 1.89. The molecule has 214 valence electrons. The van der Waals surface area contributed by atoms with Crippen molar-refractivity contribution in [3.63, 3.8) is 0 Å². The number of benzene rings is 5. The lowest BCUT2D eigenvalue weighted by molar-refractivity contribution is 0.271. The molecule has 0 radical (unpaired) electrons. The van der Waals surface area contributed by atoms with Crippen LogP contribution in [0.25, 0.3) is 58.6 Å². The minimum Gasteiger partial charge on any atom is -0.461 e. The quantitative estimate of drug-likeness (QED) is 0.165. The van der Waals surface area contributed by atoms with Gasteiger partial charge in [-0.05, 0) is 79.2 Å². The molecule has 4 nitrogen and oxygen atoms in total. The third-order valence-corrected chi connectivity index (χ3v) is 11.4. The summed E-state index contributed by atoms with van der Waals surface area (Å²) in [5.41, 5.74) is 14.8. The van der Waals surface area contributed by atoms with Crippen molar-refractivity contribution in [1.82, 2.24) is 4.57 Å². The van der Waals surface area contributed by atoms with Gasteiger partial charge < -0.3 is 14.7 Å². The average molecular weight is 590 g/mol. The van der Waals surface area contributed by atoms with E-state index in [-0.39, 0.29) is 5.41 Å². The third-order valence-electron chi connectivity index (χ3n) is 10.2. The lowest BCUT2D eigenvalue weighted by Gasteiger charge is -2.41. The first kappa shape index (κ1) is 25.6. The van der Waals surface area contributed by atoms with Crippen LogP contribution in [0.3, 0.4) is 0 Å². The maximum absolute atomic E-state index is 6.39. The van der Waals surface area contributed by atoms with Crippen LogP contribution in [-0.4, -0.2) is 11.3 Å². The highest BCUT2D eigenvalue weighted by atomic mass is 32.1. The van der Waals surface area contributed by atoms with Crippen LogP contribution in [0.5, 0.6) is 0 Å². The summed E-state index contributed by atoms with van der Waals surface area (Å²) in [5, 5.41) is 6.36. The van der Waals surface area contributed by atoms with Crippen molar-refractivity contribution in [2.75, 3.05) is 5.73 Å². The van der Waals surface area contributed by atoms with E-state index < -0.39 is 0 Å². The van der Waals surface area contributed by atoms with E-state index in [4.69, 9.17) is 10.2 Å². The molecule has 0 saturated heterocycles. The number of anilines is 1. The van der Waals surface area contributed by atoms with E-state index in [1.807, 2.05) is 23.5 Å². The van der Waals surface area contributed by atoms with Gasteiger partial charge in [-0.1, -0.05) is 56.3 Å². The van der Waals surface area contributed by atoms with Gasteiger partial charge in [0.2, 0.25) is 0 Å². The predicted octanol–water partition coefficient (Wildman–Crippen LogP) is 10.5. The highest BCUT2D eigenvalue weighted by Gasteiger charge is 2.42. The molecule has 1 aliphatic carbocycles. The Kier molecular flexibility index (Phi) is 5.28. The largest absolute Gasteiger partial charge is 0.461 e. The number of furan rings is 1. The number of nitrogen functional groups attached to an aromatic ring is 1. The fraction of sp³-hybridized carbons (Fsp3) is 0.154. The molecule has 0 aliphatic heterocycles. The van der Waals surface area contributed by atoms with Gasteiger partial charge >= 0.3 is 0 Å². The Balaban J connectivity index is 1.34. The SMILES string of the molecule is C=Nc1ccc(-n2c3ccccc3c3c4sc5ccccc5c4ccc32)c(C2(C)Cc3c(oc4ccc(N)cc34)CC2C)c1. The number of para-hydroxylation sites is 1. The second-order valence-electron chi connectivity index (χ2n) is 12.6. The Morgan fingerprint density at radius 2 is 1.70 bits per heavy atom. The van der Waals surface area contributed by atoms with Crippen LogP contribution in [0.1, 0.15) is 30.7 Å². The number of hydrogen-bond donors (Lipinski definition) is 1. The highest BCUT2D eigenvalue weighted by Crippen LogP contribution is 2.50. The summed E-state index contributed by atoms with van der Waals surface area (Å²) in [6, 6.07) is 34.8. The van der Waals surface area contributed by atoms with Gasteiger partial charge in [-0.15, -0.1) is 11.3 Å². The first-order valence-corrected chi connectivity index (χ1v) is 16.0. The summed E-state index contributed by atoms with van der Waals surface area (Å²) in [7, 11) is 0. The van der Waals surface area contributed by atoms with Crippen LogP contribution in [0.15, 0.2) is 106 Å². The summed E-state index contributed by atoms with van der Waals surface area (Å²) < 4.78 is 11.5. The zero-order valence-corrected chi connectivity index (χ0v) is 25.5. The van der Waals surface area contributed by atoms with Crippen molar-refractivity contribution in [2.45, 2.75) is 32.1 Å². The van der Waals surface area contributed by atoms with Gasteiger partial charge in [-0.2, -0.15) is 0 Å². The van der Waals surface area contributed by atoms with E-state index in [0.29, 0.717) is 5.92 Å². The van der Waals surface area contributed by atoms with E-state index in [9.17, 15) is 0 Å². The Morgan fingerprint density at radius 1 is 0.886 bits per heavy atom. The van der Waals surface area contributed by atoms with Crippen molar-refractivity contribution in [3.8, 4) is 5.69 Å². The number of hydrogen-bond acceptors (Lipinski definition) is 4. The van der Waals surface area contributed by atoms with Crippen LogP contribution in [0, 0.1) is 5.92 Å². The Morgan fingerprint density at radius 3 is 2.57 bits per heavy atom. The summed E-state index contributed by atoms with van der Waals surface area (Å²) in [4.78, 5) is 4.40. The number of aliphatic imine (C=N–C) groups is 1. The molecule has 9 rings (SSSR count). The first-order chi connectivity index (χ1) is 21.4. The molecule has 0 fully saturated rings. The van der Waals surface area contributed by atoms with Gasteiger partial charge in [0.1, 0.15) is 11.3 Å². The van der Waals surface area contributed by atoms with Gasteiger partial charge in [-0.25, -0.2) is 0 Å². The molecule has 2 unspecified atom stereocenters. The fourth-order valence-corrected chi connectivity index (χ4v) is 9.01. The van der Waals surface area contributed by atoms with E-state index in [2.05, 4.69) is 115 Å².